The third-order valence-corrected chi connectivity index (χ3v) is 4.64. The van der Waals surface area contributed by atoms with E-state index in [0.717, 1.165) is 0 Å². The lowest BCUT2D eigenvalue weighted by atomic mass is 10.1. The Morgan fingerprint density at radius 2 is 1.84 bits per heavy atom. The van der Waals surface area contributed by atoms with Gasteiger partial charge in [0.2, 0.25) is 0 Å². The standard InChI is InChI=1S/C23H23ClF2N4O/c1-5-10-28-23(30-17-7-6-16(13-31)19(24)11-17)15(3)29-12-14(2)18-8-9-20(27-4)22(26)21(18)25/h5-13,27H,1-4H3,(H,28,30)/b10-5-,14-12+,29-15?. The molecule has 5 nitrogen and oxygen atoms in total. The van der Waals surface area contributed by atoms with Gasteiger partial charge in [0.05, 0.1) is 16.4 Å². The van der Waals surface area contributed by atoms with E-state index in [0.29, 0.717) is 39.7 Å². The Labute approximate surface area is 185 Å². The summed E-state index contributed by atoms with van der Waals surface area (Å²) in [5.74, 6) is -1.46. The monoisotopic (exact) mass is 444 g/mol. The van der Waals surface area contributed by atoms with E-state index in [-0.39, 0.29) is 11.3 Å². The molecule has 0 aliphatic carbocycles. The number of amidine groups is 1. The number of aliphatic imine (C=N–C) groups is 2. The van der Waals surface area contributed by atoms with E-state index in [1.165, 1.54) is 25.4 Å². The fourth-order valence-electron chi connectivity index (χ4n) is 2.57. The second-order valence-electron chi connectivity index (χ2n) is 6.50. The summed E-state index contributed by atoms with van der Waals surface area (Å²) in [6, 6.07) is 7.84. The maximum absolute atomic E-state index is 14.3. The third kappa shape index (κ3) is 6.08. The molecule has 0 heterocycles. The number of anilines is 2. The molecular formula is C23H23ClF2N4O. The zero-order valence-corrected chi connectivity index (χ0v) is 18.4. The van der Waals surface area contributed by atoms with Crippen LogP contribution in [-0.2, 0) is 0 Å². The van der Waals surface area contributed by atoms with Gasteiger partial charge < -0.3 is 10.6 Å². The summed E-state index contributed by atoms with van der Waals surface area (Å²) in [5.41, 5.74) is 2.14. The van der Waals surface area contributed by atoms with Crippen molar-refractivity contribution in [3.63, 3.8) is 0 Å². The first-order chi connectivity index (χ1) is 14.8. The second kappa shape index (κ2) is 11.2. The van der Waals surface area contributed by atoms with E-state index < -0.39 is 11.6 Å². The average Bonchev–Trinajstić information content (AvgIpc) is 2.76. The fourth-order valence-corrected chi connectivity index (χ4v) is 2.80. The van der Waals surface area contributed by atoms with Crippen LogP contribution in [0.1, 0.15) is 36.7 Å². The van der Waals surface area contributed by atoms with Crippen LogP contribution in [0, 0.1) is 11.6 Å². The van der Waals surface area contributed by atoms with Crippen LogP contribution in [0.4, 0.5) is 20.2 Å². The molecule has 162 valence electrons. The molecule has 2 N–H and O–H groups in total. The Morgan fingerprint density at radius 1 is 1.10 bits per heavy atom. The first-order valence-corrected chi connectivity index (χ1v) is 9.78. The molecule has 8 heteroatoms. The predicted molar refractivity (Wildman–Crippen MR) is 125 cm³/mol. The van der Waals surface area contributed by atoms with E-state index in [1.807, 2.05) is 6.92 Å². The van der Waals surface area contributed by atoms with Gasteiger partial charge >= 0.3 is 0 Å². The summed E-state index contributed by atoms with van der Waals surface area (Å²) in [6.07, 6.45) is 5.46. The Morgan fingerprint density at radius 3 is 2.45 bits per heavy atom. The number of nitrogens with one attached hydrogen (secondary N) is 2. The fraction of sp³-hybridized carbons (Fsp3) is 0.174. The number of hydrogen-bond donors (Lipinski definition) is 2. The lowest BCUT2D eigenvalue weighted by Crippen LogP contribution is -2.20. The maximum Gasteiger partial charge on any atom is 0.182 e. The highest BCUT2D eigenvalue weighted by molar-refractivity contribution is 6.45. The third-order valence-electron chi connectivity index (χ3n) is 4.31. The Hall–Kier alpha value is -3.32. The summed E-state index contributed by atoms with van der Waals surface area (Å²) >= 11 is 6.08. The minimum atomic E-state index is -0.945. The van der Waals surface area contributed by atoms with Gasteiger partial charge in [0.25, 0.3) is 0 Å². The van der Waals surface area contributed by atoms with Crippen molar-refractivity contribution < 1.29 is 13.6 Å². The van der Waals surface area contributed by atoms with Crippen LogP contribution in [0.25, 0.3) is 5.57 Å². The minimum Gasteiger partial charge on any atom is -0.386 e. The van der Waals surface area contributed by atoms with Crippen LogP contribution in [0.3, 0.4) is 0 Å². The van der Waals surface area contributed by atoms with Crippen molar-refractivity contribution in [2.24, 2.45) is 9.98 Å². The largest absolute Gasteiger partial charge is 0.386 e. The Kier molecular flexibility index (Phi) is 8.63. The second-order valence-corrected chi connectivity index (χ2v) is 6.91. The van der Waals surface area contributed by atoms with Crippen LogP contribution in [-0.4, -0.2) is 24.9 Å². The highest BCUT2D eigenvalue weighted by atomic mass is 35.5. The number of carbonyl (C=O) groups excluding carboxylic acids is 1. The lowest BCUT2D eigenvalue weighted by Gasteiger charge is -2.10. The molecule has 0 atom stereocenters. The molecule has 2 aromatic rings. The molecule has 0 aliphatic heterocycles. The van der Waals surface area contributed by atoms with Gasteiger partial charge in [-0.15, -0.1) is 0 Å². The van der Waals surface area contributed by atoms with Crippen molar-refractivity contribution in [1.29, 1.82) is 0 Å². The molecule has 0 unspecified atom stereocenters. The van der Waals surface area contributed by atoms with Crippen LogP contribution < -0.4 is 10.6 Å². The molecule has 0 bridgehead atoms. The quantitative estimate of drug-likeness (QED) is 0.297. The van der Waals surface area contributed by atoms with Crippen LogP contribution in [0.2, 0.25) is 5.02 Å². The van der Waals surface area contributed by atoms with Crippen LogP contribution in [0.5, 0.6) is 0 Å². The SMILES string of the molecule is C/C=C\N=C(Nc1ccc(C=O)c(Cl)c1)C(C)=N/C=C(\C)c1ccc(NC)c(F)c1F. The number of nitrogens with zero attached hydrogens (tertiary/aromatic N) is 2. The summed E-state index contributed by atoms with van der Waals surface area (Å²) in [4.78, 5) is 19.6. The van der Waals surface area contributed by atoms with E-state index in [4.69, 9.17) is 11.6 Å². The van der Waals surface area contributed by atoms with Gasteiger partial charge in [-0.2, -0.15) is 0 Å². The Balaban J connectivity index is 2.35. The van der Waals surface area contributed by atoms with Crippen molar-refractivity contribution in [3.05, 3.63) is 76.6 Å². The highest BCUT2D eigenvalue weighted by Gasteiger charge is 2.14. The topological polar surface area (TPSA) is 65.8 Å². The van der Waals surface area contributed by atoms with Crippen molar-refractivity contribution in [2.45, 2.75) is 20.8 Å². The summed E-state index contributed by atoms with van der Waals surface area (Å²) in [7, 11) is 1.52. The molecule has 0 aromatic heterocycles. The molecular weight excluding hydrogens is 422 g/mol. The number of benzene rings is 2. The molecule has 0 radical (unpaired) electrons. The zero-order chi connectivity index (χ0) is 23.0. The smallest absolute Gasteiger partial charge is 0.182 e. The first kappa shape index (κ1) is 24.0. The van der Waals surface area contributed by atoms with Crippen LogP contribution >= 0.6 is 11.6 Å². The van der Waals surface area contributed by atoms with Gasteiger partial charge in [0.1, 0.15) is 0 Å². The molecule has 31 heavy (non-hydrogen) atoms. The number of aldehydes is 1. The molecule has 2 aromatic carbocycles. The van der Waals surface area contributed by atoms with Gasteiger partial charge in [0, 0.05) is 36.3 Å². The van der Waals surface area contributed by atoms with Crippen molar-refractivity contribution in [1.82, 2.24) is 0 Å². The molecule has 2 rings (SSSR count). The predicted octanol–water partition coefficient (Wildman–Crippen LogP) is 6.34. The van der Waals surface area contributed by atoms with Gasteiger partial charge in [-0.3, -0.25) is 9.79 Å². The highest BCUT2D eigenvalue weighted by Crippen LogP contribution is 2.25. The molecule has 0 fully saturated rings. The number of halogens is 3. The maximum atomic E-state index is 14.3. The molecule has 0 spiro atoms. The minimum absolute atomic E-state index is 0.0814. The number of rotatable bonds is 7. The van der Waals surface area contributed by atoms with Crippen molar-refractivity contribution in [3.8, 4) is 0 Å². The zero-order valence-electron chi connectivity index (χ0n) is 17.6. The Bertz CT molecular complexity index is 1090. The van der Waals surface area contributed by atoms with Gasteiger partial charge in [-0.25, -0.2) is 13.8 Å². The lowest BCUT2D eigenvalue weighted by molar-refractivity contribution is 0.112. The average molecular weight is 445 g/mol. The van der Waals surface area contributed by atoms with E-state index >= 15 is 0 Å². The molecule has 0 saturated carbocycles. The van der Waals surface area contributed by atoms with E-state index in [1.54, 1.807) is 44.3 Å². The van der Waals surface area contributed by atoms with Crippen molar-refractivity contribution in [2.75, 3.05) is 17.7 Å². The number of allylic oxidation sites excluding steroid dienone is 2. The number of carbonyl (C=O) groups is 1. The summed E-state index contributed by atoms with van der Waals surface area (Å²) in [5, 5.41) is 6.00. The van der Waals surface area contributed by atoms with E-state index in [2.05, 4.69) is 20.6 Å². The van der Waals surface area contributed by atoms with E-state index in [9.17, 15) is 13.6 Å². The molecule has 0 amide bonds. The van der Waals surface area contributed by atoms with Crippen molar-refractivity contribution >= 4 is 46.4 Å². The summed E-state index contributed by atoms with van der Waals surface area (Å²) in [6.45, 7) is 5.18. The molecule has 0 aliphatic rings. The normalized spacial score (nSPS) is 12.9. The van der Waals surface area contributed by atoms with Gasteiger partial charge in [-0.05, 0) is 56.7 Å². The molecule has 0 saturated heterocycles. The first-order valence-electron chi connectivity index (χ1n) is 9.40. The summed E-state index contributed by atoms with van der Waals surface area (Å²) < 4.78 is 28.4. The van der Waals surface area contributed by atoms with Gasteiger partial charge in [-0.1, -0.05) is 17.7 Å². The van der Waals surface area contributed by atoms with Gasteiger partial charge in [0.15, 0.2) is 23.8 Å². The number of hydrogen-bond acceptors (Lipinski definition) is 4. The van der Waals surface area contributed by atoms with Crippen LogP contribution in [0.15, 0.2) is 58.8 Å².